The second kappa shape index (κ2) is 2.76. The SMILES string of the molecule is CC1(C)CCNC(C)(CO)C1. The molecule has 1 unspecified atom stereocenters. The first-order valence-electron chi connectivity index (χ1n) is 4.33. The molecule has 2 nitrogen and oxygen atoms in total. The molecule has 0 aromatic carbocycles. The molecule has 1 atom stereocenters. The van der Waals surface area contributed by atoms with Crippen LogP contribution in [-0.4, -0.2) is 23.8 Å². The van der Waals surface area contributed by atoms with Crippen LogP contribution in [0.1, 0.15) is 33.6 Å². The fourth-order valence-corrected chi connectivity index (χ4v) is 2.02. The highest BCUT2D eigenvalue weighted by atomic mass is 16.3. The van der Waals surface area contributed by atoms with Crippen LogP contribution in [0.2, 0.25) is 0 Å². The Morgan fingerprint density at radius 3 is 2.36 bits per heavy atom. The number of nitrogens with one attached hydrogen (secondary N) is 1. The van der Waals surface area contributed by atoms with Crippen molar-refractivity contribution in [3.63, 3.8) is 0 Å². The van der Waals surface area contributed by atoms with Gasteiger partial charge in [0.15, 0.2) is 0 Å². The number of hydrogen-bond acceptors (Lipinski definition) is 2. The predicted molar refractivity (Wildman–Crippen MR) is 46.5 cm³/mol. The summed E-state index contributed by atoms with van der Waals surface area (Å²) < 4.78 is 0. The molecule has 1 rings (SSSR count). The molecule has 0 radical (unpaired) electrons. The average molecular weight is 157 g/mol. The van der Waals surface area contributed by atoms with Crippen LogP contribution >= 0.6 is 0 Å². The van der Waals surface area contributed by atoms with Crippen molar-refractivity contribution in [2.45, 2.75) is 39.2 Å². The van der Waals surface area contributed by atoms with E-state index in [9.17, 15) is 0 Å². The Hall–Kier alpha value is -0.0800. The third-order valence-corrected chi connectivity index (χ3v) is 2.57. The molecule has 0 saturated carbocycles. The van der Waals surface area contributed by atoms with Crippen LogP contribution in [0.15, 0.2) is 0 Å². The van der Waals surface area contributed by atoms with E-state index >= 15 is 0 Å². The Labute approximate surface area is 69.0 Å². The Morgan fingerprint density at radius 1 is 1.36 bits per heavy atom. The minimum Gasteiger partial charge on any atom is -0.394 e. The van der Waals surface area contributed by atoms with Crippen LogP contribution in [0.25, 0.3) is 0 Å². The number of aliphatic hydroxyl groups is 1. The van der Waals surface area contributed by atoms with Crippen LogP contribution in [0.5, 0.6) is 0 Å². The molecule has 1 aliphatic heterocycles. The smallest absolute Gasteiger partial charge is 0.0610 e. The molecule has 1 heterocycles. The average Bonchev–Trinajstić information content (AvgIpc) is 1.85. The molecule has 66 valence electrons. The molecule has 0 bridgehead atoms. The lowest BCUT2D eigenvalue weighted by atomic mass is 9.74. The third kappa shape index (κ3) is 2.17. The summed E-state index contributed by atoms with van der Waals surface area (Å²) in [5, 5.41) is 12.5. The summed E-state index contributed by atoms with van der Waals surface area (Å²) in [7, 11) is 0. The molecule has 1 fully saturated rings. The molecule has 11 heavy (non-hydrogen) atoms. The van der Waals surface area contributed by atoms with E-state index in [0.29, 0.717) is 5.41 Å². The van der Waals surface area contributed by atoms with Crippen molar-refractivity contribution in [1.82, 2.24) is 5.32 Å². The highest BCUT2D eigenvalue weighted by Gasteiger charge is 2.35. The van der Waals surface area contributed by atoms with E-state index in [4.69, 9.17) is 5.11 Å². The van der Waals surface area contributed by atoms with Crippen LogP contribution < -0.4 is 5.32 Å². The van der Waals surface area contributed by atoms with E-state index in [0.717, 1.165) is 13.0 Å². The standard InChI is InChI=1S/C9H19NO/c1-8(2)4-5-10-9(3,6-8)7-11/h10-11H,4-7H2,1-3H3. The minimum absolute atomic E-state index is 0.0399. The highest BCUT2D eigenvalue weighted by Crippen LogP contribution is 2.34. The first-order chi connectivity index (χ1) is 4.97. The van der Waals surface area contributed by atoms with E-state index in [1.165, 1.54) is 6.42 Å². The summed E-state index contributed by atoms with van der Waals surface area (Å²) in [6.07, 6.45) is 2.28. The predicted octanol–water partition coefficient (Wildman–Crippen LogP) is 1.15. The molecular weight excluding hydrogens is 138 g/mol. The Morgan fingerprint density at radius 2 is 2.00 bits per heavy atom. The van der Waals surface area contributed by atoms with Crippen LogP contribution in [0.3, 0.4) is 0 Å². The third-order valence-electron chi connectivity index (χ3n) is 2.57. The van der Waals surface area contributed by atoms with Gasteiger partial charge in [-0.15, -0.1) is 0 Å². The zero-order valence-electron chi connectivity index (χ0n) is 7.78. The van der Waals surface area contributed by atoms with Crippen molar-refractivity contribution in [2.24, 2.45) is 5.41 Å². The van der Waals surface area contributed by atoms with Crippen molar-refractivity contribution in [3.8, 4) is 0 Å². The van der Waals surface area contributed by atoms with E-state index in [1.54, 1.807) is 0 Å². The number of rotatable bonds is 1. The largest absolute Gasteiger partial charge is 0.394 e. The molecule has 0 spiro atoms. The van der Waals surface area contributed by atoms with E-state index < -0.39 is 0 Å². The first kappa shape index (κ1) is 9.01. The van der Waals surface area contributed by atoms with E-state index in [1.807, 2.05) is 0 Å². The first-order valence-corrected chi connectivity index (χ1v) is 4.33. The van der Waals surface area contributed by atoms with Gasteiger partial charge in [-0.2, -0.15) is 0 Å². The van der Waals surface area contributed by atoms with Crippen LogP contribution in [-0.2, 0) is 0 Å². The molecule has 2 heteroatoms. The van der Waals surface area contributed by atoms with E-state index in [2.05, 4.69) is 26.1 Å². The lowest BCUT2D eigenvalue weighted by Crippen LogP contribution is -2.53. The van der Waals surface area contributed by atoms with Crippen molar-refractivity contribution in [2.75, 3.05) is 13.2 Å². The molecule has 2 N–H and O–H groups in total. The van der Waals surface area contributed by atoms with Crippen molar-refractivity contribution >= 4 is 0 Å². The van der Waals surface area contributed by atoms with Gasteiger partial charge in [0.1, 0.15) is 0 Å². The molecule has 0 amide bonds. The molecule has 1 aliphatic rings. The van der Waals surface area contributed by atoms with Gasteiger partial charge in [0.2, 0.25) is 0 Å². The molecule has 0 aliphatic carbocycles. The van der Waals surface area contributed by atoms with Gasteiger partial charge in [-0.05, 0) is 31.7 Å². The second-order valence-electron chi connectivity index (χ2n) is 4.74. The summed E-state index contributed by atoms with van der Waals surface area (Å²) in [5.74, 6) is 0. The molecule has 0 aromatic rings. The number of hydrogen-bond donors (Lipinski definition) is 2. The Bertz CT molecular complexity index is 144. The van der Waals surface area contributed by atoms with E-state index in [-0.39, 0.29) is 12.1 Å². The van der Waals surface area contributed by atoms with Gasteiger partial charge in [-0.3, -0.25) is 0 Å². The quantitative estimate of drug-likeness (QED) is 0.598. The maximum absolute atomic E-state index is 9.12. The topological polar surface area (TPSA) is 32.3 Å². The summed E-state index contributed by atoms with van der Waals surface area (Å²) in [6, 6.07) is 0. The highest BCUT2D eigenvalue weighted by molar-refractivity contribution is 4.93. The maximum Gasteiger partial charge on any atom is 0.0610 e. The minimum atomic E-state index is -0.0399. The normalized spacial score (nSPS) is 37.1. The van der Waals surface area contributed by atoms with Crippen LogP contribution in [0.4, 0.5) is 0 Å². The molecular formula is C9H19NO. The van der Waals surface area contributed by atoms with Gasteiger partial charge in [0.25, 0.3) is 0 Å². The van der Waals surface area contributed by atoms with Gasteiger partial charge in [0.05, 0.1) is 6.61 Å². The van der Waals surface area contributed by atoms with Gasteiger partial charge in [-0.25, -0.2) is 0 Å². The van der Waals surface area contributed by atoms with Gasteiger partial charge in [-0.1, -0.05) is 13.8 Å². The second-order valence-corrected chi connectivity index (χ2v) is 4.74. The van der Waals surface area contributed by atoms with Crippen molar-refractivity contribution < 1.29 is 5.11 Å². The fraction of sp³-hybridized carbons (Fsp3) is 1.00. The fourth-order valence-electron chi connectivity index (χ4n) is 2.02. The summed E-state index contributed by atoms with van der Waals surface area (Å²) in [4.78, 5) is 0. The summed E-state index contributed by atoms with van der Waals surface area (Å²) >= 11 is 0. The van der Waals surface area contributed by atoms with Gasteiger partial charge < -0.3 is 10.4 Å². The Kier molecular flexibility index (Phi) is 2.26. The van der Waals surface area contributed by atoms with Gasteiger partial charge >= 0.3 is 0 Å². The lowest BCUT2D eigenvalue weighted by Gasteiger charge is -2.42. The summed E-state index contributed by atoms with van der Waals surface area (Å²) in [5.41, 5.74) is 0.352. The monoisotopic (exact) mass is 157 g/mol. The number of piperidine rings is 1. The Balaban J connectivity index is 2.59. The van der Waals surface area contributed by atoms with Crippen LogP contribution in [0, 0.1) is 5.41 Å². The zero-order valence-corrected chi connectivity index (χ0v) is 7.78. The zero-order chi connectivity index (χ0) is 8.54. The number of aliphatic hydroxyl groups excluding tert-OH is 1. The molecule has 1 saturated heterocycles. The van der Waals surface area contributed by atoms with Crippen molar-refractivity contribution in [3.05, 3.63) is 0 Å². The molecule has 0 aromatic heterocycles. The lowest BCUT2D eigenvalue weighted by molar-refractivity contribution is 0.0841. The maximum atomic E-state index is 9.12. The van der Waals surface area contributed by atoms with Crippen molar-refractivity contribution in [1.29, 1.82) is 0 Å². The summed E-state index contributed by atoms with van der Waals surface area (Å²) in [6.45, 7) is 7.90. The van der Waals surface area contributed by atoms with Gasteiger partial charge in [0, 0.05) is 5.54 Å².